The molecule has 13 atom stereocenters. The summed E-state index contributed by atoms with van der Waals surface area (Å²) in [6.07, 6.45) is -0.741. The van der Waals surface area contributed by atoms with Crippen molar-refractivity contribution in [2.24, 2.45) is 23.2 Å². The molecule has 188 valence electrons. The third-order valence-electron chi connectivity index (χ3n) is 9.67. The molecule has 34 heavy (non-hydrogen) atoms. The van der Waals surface area contributed by atoms with Gasteiger partial charge in [0.05, 0.1) is 24.3 Å². The molecule has 7 aliphatic rings. The second kappa shape index (κ2) is 7.84. The Morgan fingerprint density at radius 3 is 2.41 bits per heavy atom. The van der Waals surface area contributed by atoms with E-state index in [-0.39, 0.29) is 11.9 Å². The molecule has 0 spiro atoms. The van der Waals surface area contributed by atoms with Crippen LogP contribution in [0.15, 0.2) is 0 Å². The van der Waals surface area contributed by atoms with E-state index in [1.165, 1.54) is 0 Å². The fourth-order valence-corrected chi connectivity index (χ4v) is 8.57. The van der Waals surface area contributed by atoms with Gasteiger partial charge in [0.25, 0.3) is 0 Å². The van der Waals surface area contributed by atoms with Crippen molar-refractivity contribution >= 4 is 5.91 Å². The van der Waals surface area contributed by atoms with Crippen LogP contribution < -0.4 is 5.32 Å². The van der Waals surface area contributed by atoms with Crippen LogP contribution in [0.4, 0.5) is 0 Å². The van der Waals surface area contributed by atoms with Gasteiger partial charge in [0, 0.05) is 6.04 Å². The number of amides is 1. The number of carbonyl (C=O) groups is 1. The lowest BCUT2D eigenvalue weighted by Crippen LogP contribution is -2.70. The average molecular weight is 478 g/mol. The van der Waals surface area contributed by atoms with E-state index in [4.69, 9.17) is 4.74 Å². The number of ether oxygens (including phenoxy) is 1. The fourth-order valence-electron chi connectivity index (χ4n) is 8.57. The number of carbonyl (C=O) groups excluding carboxylic acids is 1. The van der Waals surface area contributed by atoms with Crippen molar-refractivity contribution in [1.29, 1.82) is 5.26 Å². The van der Waals surface area contributed by atoms with Crippen molar-refractivity contribution in [2.45, 2.75) is 106 Å². The Morgan fingerprint density at radius 2 is 1.79 bits per heavy atom. The quantitative estimate of drug-likeness (QED) is 0.279. The van der Waals surface area contributed by atoms with Gasteiger partial charge in [-0.3, -0.25) is 10.1 Å². The number of fused-ring (bicyclic) bond motifs is 1. The fraction of sp³-hybridized carbons (Fsp3) is 0.917. The van der Waals surface area contributed by atoms with E-state index in [2.05, 4.69) is 11.4 Å². The lowest BCUT2D eigenvalue weighted by Gasteiger charge is -2.62. The normalized spacial score (nSPS) is 53.9. The van der Waals surface area contributed by atoms with Crippen LogP contribution >= 0.6 is 0 Å². The van der Waals surface area contributed by atoms with Crippen LogP contribution in [0, 0.1) is 34.5 Å². The van der Waals surface area contributed by atoms with Crippen LogP contribution in [0.1, 0.15) is 51.4 Å². The van der Waals surface area contributed by atoms with E-state index in [0.29, 0.717) is 30.6 Å². The second-order valence-electron chi connectivity index (χ2n) is 12.1. The summed E-state index contributed by atoms with van der Waals surface area (Å²) in [5.74, 6) is 0.774. The molecule has 7 fully saturated rings. The summed E-state index contributed by atoms with van der Waals surface area (Å²) in [4.78, 5) is 15.9. The molecule has 0 aromatic rings. The third kappa shape index (κ3) is 3.44. The van der Waals surface area contributed by atoms with Gasteiger partial charge in [0.1, 0.15) is 36.7 Å². The van der Waals surface area contributed by atoms with Crippen molar-refractivity contribution in [2.75, 3.05) is 6.61 Å². The summed E-state index contributed by atoms with van der Waals surface area (Å²) in [6.45, 7) is -0.552. The topological polar surface area (TPSA) is 167 Å². The molecule has 2 aliphatic heterocycles. The number of piperidine rings is 1. The van der Waals surface area contributed by atoms with E-state index in [1.807, 2.05) is 0 Å². The largest absolute Gasteiger partial charge is 0.394 e. The van der Waals surface area contributed by atoms with Gasteiger partial charge >= 0.3 is 0 Å². The van der Waals surface area contributed by atoms with E-state index < -0.39 is 60.4 Å². The number of nitrogens with one attached hydrogen (secondary N) is 1. The highest BCUT2D eigenvalue weighted by molar-refractivity contribution is 5.85. The van der Waals surface area contributed by atoms with Gasteiger partial charge in [-0.15, -0.1) is 0 Å². The number of aliphatic hydroxyl groups is 5. The molecule has 5 saturated carbocycles. The summed E-state index contributed by atoms with van der Waals surface area (Å²) in [5, 5.41) is 65.1. The number of nitrogens with zero attached hydrogens (tertiary/aromatic N) is 2. The molecule has 6 N–H and O–H groups in total. The molecular formula is C24H35N3O7. The smallest absolute Gasteiger partial charge is 0.241 e. The molecule has 1 amide bonds. The van der Waals surface area contributed by atoms with Gasteiger partial charge in [-0.2, -0.15) is 5.26 Å². The zero-order chi connectivity index (χ0) is 24.0. The molecule has 2 heterocycles. The molecule has 7 rings (SSSR count). The van der Waals surface area contributed by atoms with Gasteiger partial charge in [-0.05, 0) is 74.5 Å². The van der Waals surface area contributed by atoms with Crippen molar-refractivity contribution in [1.82, 2.24) is 10.2 Å². The van der Waals surface area contributed by atoms with Gasteiger partial charge in [0.2, 0.25) is 5.91 Å². The highest BCUT2D eigenvalue weighted by Gasteiger charge is 2.64. The first-order valence-electron chi connectivity index (χ1n) is 12.7. The standard InChI is InChI=1S/C24H35N3O7/c25-8-14-2-13-3-15(13)27(14)22(32)20(26-21-19(31)18(30)17(29)16(9-28)34-21)23-4-11-1-12(5-23)7-24(33,6-11)10-23/h11-21,26,28-31,33H,1-7,9-10H2/t11-,12+,13-,14+,15+,16-,17-,18-,19-,20+,21?,23?,24?/m1/s1. The molecular weight excluding hydrogens is 442 g/mol. The molecule has 10 nitrogen and oxygen atoms in total. The Labute approximate surface area is 198 Å². The Bertz CT molecular complexity index is 878. The lowest BCUT2D eigenvalue weighted by atomic mass is 9.46. The predicted molar refractivity (Wildman–Crippen MR) is 116 cm³/mol. The van der Waals surface area contributed by atoms with Crippen LogP contribution in [0.3, 0.4) is 0 Å². The number of aliphatic hydroxyl groups excluding tert-OH is 4. The Hall–Kier alpha value is -1.32. The first-order valence-corrected chi connectivity index (χ1v) is 12.7. The molecule has 10 heteroatoms. The Balaban J connectivity index is 1.34. The summed E-state index contributed by atoms with van der Waals surface area (Å²) in [6, 6.07) is 1.01. The zero-order valence-electron chi connectivity index (χ0n) is 19.2. The molecule has 0 aromatic carbocycles. The first kappa shape index (κ1) is 23.1. The summed E-state index contributed by atoms with van der Waals surface area (Å²) in [5.41, 5.74) is -1.37. The minimum Gasteiger partial charge on any atom is -0.394 e. The third-order valence-corrected chi connectivity index (χ3v) is 9.67. The summed E-state index contributed by atoms with van der Waals surface area (Å²) >= 11 is 0. The van der Waals surface area contributed by atoms with Crippen LogP contribution in [-0.2, 0) is 9.53 Å². The number of nitriles is 1. The molecule has 3 unspecified atom stereocenters. The SMILES string of the molecule is N#C[C@@H]1C[C@@H]2C[C@@H]2N1C(=O)[C@H](NC1O[C@H](CO)[C@@H](O)[C@@H](O)[C@H]1O)C12C[C@@H]3C[C@@H](CC(O)(C3)C1)C2. The van der Waals surface area contributed by atoms with Crippen LogP contribution in [-0.4, -0.2) is 97.3 Å². The van der Waals surface area contributed by atoms with Gasteiger partial charge in [-0.25, -0.2) is 0 Å². The summed E-state index contributed by atoms with van der Waals surface area (Å²) < 4.78 is 5.73. The van der Waals surface area contributed by atoms with Crippen molar-refractivity contribution in [3.05, 3.63) is 0 Å². The maximum Gasteiger partial charge on any atom is 0.241 e. The van der Waals surface area contributed by atoms with E-state index in [1.54, 1.807) is 4.90 Å². The Morgan fingerprint density at radius 1 is 1.09 bits per heavy atom. The highest BCUT2D eigenvalue weighted by Crippen LogP contribution is 2.63. The second-order valence-corrected chi connectivity index (χ2v) is 12.1. The minimum absolute atomic E-state index is 0.0493. The van der Waals surface area contributed by atoms with Gasteiger partial charge < -0.3 is 35.2 Å². The number of rotatable bonds is 5. The predicted octanol–water partition coefficient (Wildman–Crippen LogP) is -1.41. The maximum atomic E-state index is 14.2. The molecule has 0 radical (unpaired) electrons. The Kier molecular flexibility index (Phi) is 5.33. The highest BCUT2D eigenvalue weighted by atomic mass is 16.6. The minimum atomic E-state index is -1.55. The first-order chi connectivity index (χ1) is 16.2. The van der Waals surface area contributed by atoms with Crippen LogP contribution in [0.5, 0.6) is 0 Å². The molecule has 5 aliphatic carbocycles. The van der Waals surface area contributed by atoms with Crippen molar-refractivity contribution in [3.63, 3.8) is 0 Å². The molecule has 4 bridgehead atoms. The average Bonchev–Trinajstić information content (AvgIpc) is 3.44. The number of hydrogen-bond donors (Lipinski definition) is 6. The molecule has 0 aromatic heterocycles. The number of hydrogen-bond acceptors (Lipinski definition) is 9. The maximum absolute atomic E-state index is 14.2. The van der Waals surface area contributed by atoms with E-state index in [0.717, 1.165) is 38.5 Å². The van der Waals surface area contributed by atoms with Crippen LogP contribution in [0.25, 0.3) is 0 Å². The van der Waals surface area contributed by atoms with Crippen molar-refractivity contribution < 1.29 is 35.1 Å². The number of likely N-dealkylation sites (tertiary alicyclic amines) is 1. The van der Waals surface area contributed by atoms with E-state index >= 15 is 0 Å². The molecule has 2 saturated heterocycles. The van der Waals surface area contributed by atoms with Crippen LogP contribution in [0.2, 0.25) is 0 Å². The summed E-state index contributed by atoms with van der Waals surface area (Å²) in [7, 11) is 0. The van der Waals surface area contributed by atoms with Crippen molar-refractivity contribution in [3.8, 4) is 6.07 Å². The van der Waals surface area contributed by atoms with E-state index in [9.17, 15) is 35.6 Å². The van der Waals surface area contributed by atoms with Gasteiger partial charge in [-0.1, -0.05) is 0 Å². The zero-order valence-corrected chi connectivity index (χ0v) is 19.2. The monoisotopic (exact) mass is 477 g/mol. The van der Waals surface area contributed by atoms with Gasteiger partial charge in [0.15, 0.2) is 0 Å². The lowest BCUT2D eigenvalue weighted by molar-refractivity contribution is -0.244.